The lowest BCUT2D eigenvalue weighted by Gasteiger charge is -2.13. The van der Waals surface area contributed by atoms with Crippen LogP contribution in [0.1, 0.15) is 28.7 Å². The van der Waals surface area contributed by atoms with Gasteiger partial charge in [-0.3, -0.25) is 9.36 Å². The first kappa shape index (κ1) is 26.1. The standard InChI is InChI=1S/C24H25ClN4O5S/c1-4-10-29-21(13-34-19-9-6-15(3)11-20(19)33-5-2)27-28-24(29)35-14-22(30)26-18-12-16(23(31)32)7-8-17(18)25/h4,6-9,11-12H,1,5,10,13-14H2,2-3H3,(H,26,30)(H,31,32). The van der Waals surface area contributed by atoms with Gasteiger partial charge in [-0.15, -0.1) is 16.8 Å². The lowest BCUT2D eigenvalue weighted by molar-refractivity contribution is -0.113. The second-order valence-corrected chi connectivity index (χ2v) is 8.66. The number of carbonyl (C=O) groups excluding carboxylic acids is 1. The summed E-state index contributed by atoms with van der Waals surface area (Å²) < 4.78 is 13.4. The molecule has 0 aliphatic heterocycles. The molecule has 184 valence electrons. The molecule has 0 aliphatic rings. The molecule has 0 saturated carbocycles. The van der Waals surface area contributed by atoms with E-state index in [1.54, 1.807) is 10.6 Å². The summed E-state index contributed by atoms with van der Waals surface area (Å²) in [6.07, 6.45) is 1.70. The van der Waals surface area contributed by atoms with Crippen molar-refractivity contribution >= 4 is 40.9 Å². The molecule has 35 heavy (non-hydrogen) atoms. The summed E-state index contributed by atoms with van der Waals surface area (Å²) in [5.74, 6) is 0.340. The van der Waals surface area contributed by atoms with Crippen LogP contribution in [0.3, 0.4) is 0 Å². The largest absolute Gasteiger partial charge is 0.490 e. The number of benzene rings is 2. The number of rotatable bonds is 12. The Balaban J connectivity index is 1.67. The third-order valence-corrected chi connectivity index (χ3v) is 5.98. The zero-order valence-electron chi connectivity index (χ0n) is 19.3. The Bertz CT molecular complexity index is 1230. The Morgan fingerprint density at radius 2 is 2.00 bits per heavy atom. The first-order chi connectivity index (χ1) is 16.8. The highest BCUT2D eigenvalue weighted by molar-refractivity contribution is 7.99. The van der Waals surface area contributed by atoms with E-state index in [9.17, 15) is 9.59 Å². The zero-order valence-corrected chi connectivity index (χ0v) is 20.9. The lowest BCUT2D eigenvalue weighted by Crippen LogP contribution is -2.15. The Morgan fingerprint density at radius 1 is 1.20 bits per heavy atom. The third-order valence-electron chi connectivity index (χ3n) is 4.68. The van der Waals surface area contributed by atoms with Gasteiger partial charge in [0.1, 0.15) is 6.61 Å². The molecule has 2 aromatic carbocycles. The molecule has 1 aromatic heterocycles. The number of halogens is 1. The molecule has 0 bridgehead atoms. The molecular formula is C24H25ClN4O5S. The van der Waals surface area contributed by atoms with Crippen molar-refractivity contribution in [2.24, 2.45) is 0 Å². The van der Waals surface area contributed by atoms with Gasteiger partial charge in [-0.2, -0.15) is 0 Å². The van der Waals surface area contributed by atoms with Crippen molar-refractivity contribution in [1.29, 1.82) is 0 Å². The highest BCUT2D eigenvalue weighted by Gasteiger charge is 2.16. The Labute approximate surface area is 212 Å². The van der Waals surface area contributed by atoms with Crippen molar-refractivity contribution in [3.05, 3.63) is 71.0 Å². The van der Waals surface area contributed by atoms with E-state index in [1.807, 2.05) is 32.0 Å². The number of hydrogen-bond donors (Lipinski definition) is 2. The van der Waals surface area contributed by atoms with Gasteiger partial charge in [0.2, 0.25) is 5.91 Å². The maximum atomic E-state index is 12.5. The van der Waals surface area contributed by atoms with E-state index in [2.05, 4.69) is 22.1 Å². The molecule has 1 heterocycles. The average Bonchev–Trinajstić information content (AvgIpc) is 3.20. The highest BCUT2D eigenvalue weighted by atomic mass is 35.5. The Kier molecular flexibility index (Phi) is 9.16. The van der Waals surface area contributed by atoms with E-state index in [1.165, 1.54) is 30.0 Å². The van der Waals surface area contributed by atoms with Gasteiger partial charge >= 0.3 is 5.97 Å². The van der Waals surface area contributed by atoms with Gasteiger partial charge in [0.05, 0.1) is 28.6 Å². The fourth-order valence-corrected chi connectivity index (χ4v) is 3.99. The average molecular weight is 517 g/mol. The summed E-state index contributed by atoms with van der Waals surface area (Å²) in [7, 11) is 0. The van der Waals surface area contributed by atoms with Gasteiger partial charge in [0, 0.05) is 6.54 Å². The number of nitrogens with one attached hydrogen (secondary N) is 1. The number of anilines is 1. The van der Waals surface area contributed by atoms with Crippen LogP contribution in [0.2, 0.25) is 5.02 Å². The molecule has 0 spiro atoms. The van der Waals surface area contributed by atoms with Gasteiger partial charge in [0.15, 0.2) is 22.5 Å². The second-order valence-electron chi connectivity index (χ2n) is 7.31. The zero-order chi connectivity index (χ0) is 25.4. The number of amides is 1. The van der Waals surface area contributed by atoms with Crippen LogP contribution in [0.15, 0.2) is 54.2 Å². The number of aromatic carboxylic acids is 1. The van der Waals surface area contributed by atoms with E-state index in [-0.39, 0.29) is 34.5 Å². The van der Waals surface area contributed by atoms with Crippen LogP contribution in [-0.4, -0.2) is 44.1 Å². The van der Waals surface area contributed by atoms with Crippen molar-refractivity contribution in [2.45, 2.75) is 32.2 Å². The van der Waals surface area contributed by atoms with Crippen LogP contribution in [0.4, 0.5) is 5.69 Å². The van der Waals surface area contributed by atoms with Crippen LogP contribution in [0.25, 0.3) is 0 Å². The van der Waals surface area contributed by atoms with Crippen molar-refractivity contribution in [1.82, 2.24) is 14.8 Å². The number of carboxylic acid groups (broad SMARTS) is 1. The van der Waals surface area contributed by atoms with Crippen molar-refractivity contribution in [3.8, 4) is 11.5 Å². The molecule has 2 N–H and O–H groups in total. The number of nitrogens with zero attached hydrogens (tertiary/aromatic N) is 3. The number of aromatic nitrogens is 3. The summed E-state index contributed by atoms with van der Waals surface area (Å²) in [5.41, 5.74) is 1.30. The van der Waals surface area contributed by atoms with Crippen LogP contribution in [0.5, 0.6) is 11.5 Å². The van der Waals surface area contributed by atoms with Crippen molar-refractivity contribution < 1.29 is 24.2 Å². The molecule has 3 aromatic rings. The number of thioether (sulfide) groups is 1. The monoisotopic (exact) mass is 516 g/mol. The first-order valence-electron chi connectivity index (χ1n) is 10.7. The van der Waals surface area contributed by atoms with Crippen LogP contribution < -0.4 is 14.8 Å². The predicted octanol–water partition coefficient (Wildman–Crippen LogP) is 4.83. The Morgan fingerprint density at radius 3 is 2.71 bits per heavy atom. The van der Waals surface area contributed by atoms with Crippen molar-refractivity contribution in [3.63, 3.8) is 0 Å². The first-order valence-corrected chi connectivity index (χ1v) is 12.0. The van der Waals surface area contributed by atoms with Crippen LogP contribution >= 0.6 is 23.4 Å². The summed E-state index contributed by atoms with van der Waals surface area (Å²) in [6.45, 7) is 8.75. The minimum Gasteiger partial charge on any atom is -0.490 e. The summed E-state index contributed by atoms with van der Waals surface area (Å²) >= 11 is 7.26. The molecule has 0 fully saturated rings. The van der Waals surface area contributed by atoms with Crippen LogP contribution in [-0.2, 0) is 17.9 Å². The van der Waals surface area contributed by atoms with Gasteiger partial charge in [-0.25, -0.2) is 4.79 Å². The molecule has 0 atom stereocenters. The molecule has 11 heteroatoms. The SMILES string of the molecule is C=CCn1c(COc2ccc(C)cc2OCC)nnc1SCC(=O)Nc1cc(C(=O)O)ccc1Cl. The number of carboxylic acids is 1. The molecule has 0 unspecified atom stereocenters. The van der Waals surface area contributed by atoms with E-state index >= 15 is 0 Å². The third kappa shape index (κ3) is 7.00. The highest BCUT2D eigenvalue weighted by Crippen LogP contribution is 2.29. The topological polar surface area (TPSA) is 116 Å². The van der Waals surface area contributed by atoms with Gasteiger partial charge in [-0.05, 0) is 49.7 Å². The van der Waals surface area contributed by atoms with E-state index in [4.69, 9.17) is 26.2 Å². The lowest BCUT2D eigenvalue weighted by atomic mass is 10.2. The van der Waals surface area contributed by atoms with Gasteiger partial charge in [0.25, 0.3) is 0 Å². The molecule has 1 amide bonds. The molecule has 0 aliphatic carbocycles. The number of aryl methyl sites for hydroxylation is 1. The van der Waals surface area contributed by atoms with Gasteiger partial charge in [-0.1, -0.05) is 35.5 Å². The fourth-order valence-electron chi connectivity index (χ4n) is 3.06. The second kappa shape index (κ2) is 12.3. The number of hydrogen-bond acceptors (Lipinski definition) is 7. The normalized spacial score (nSPS) is 10.6. The van der Waals surface area contributed by atoms with E-state index in [0.717, 1.165) is 5.56 Å². The maximum Gasteiger partial charge on any atom is 0.335 e. The minimum absolute atomic E-state index is 0.0101. The summed E-state index contributed by atoms with van der Waals surface area (Å²) in [6, 6.07) is 9.79. The quantitative estimate of drug-likeness (QED) is 0.260. The summed E-state index contributed by atoms with van der Waals surface area (Å²) in [5, 5.41) is 20.9. The fraction of sp³-hybridized carbons (Fsp3) is 0.250. The predicted molar refractivity (Wildman–Crippen MR) is 135 cm³/mol. The molecule has 3 rings (SSSR count). The van der Waals surface area contributed by atoms with E-state index < -0.39 is 5.97 Å². The Hall–Kier alpha value is -3.50. The van der Waals surface area contributed by atoms with E-state index in [0.29, 0.717) is 35.6 Å². The maximum absolute atomic E-state index is 12.5. The smallest absolute Gasteiger partial charge is 0.335 e. The summed E-state index contributed by atoms with van der Waals surface area (Å²) in [4.78, 5) is 23.6. The molecule has 0 saturated heterocycles. The number of carbonyl (C=O) groups is 2. The number of ether oxygens (including phenoxy) is 2. The molecule has 9 nitrogen and oxygen atoms in total. The van der Waals surface area contributed by atoms with Crippen molar-refractivity contribution in [2.75, 3.05) is 17.7 Å². The van der Waals surface area contributed by atoms with Crippen LogP contribution in [0, 0.1) is 6.92 Å². The number of allylic oxidation sites excluding steroid dienone is 1. The molecular weight excluding hydrogens is 492 g/mol. The minimum atomic E-state index is -1.11. The molecule has 0 radical (unpaired) electrons. The van der Waals surface area contributed by atoms with Gasteiger partial charge < -0.3 is 19.9 Å².